The van der Waals surface area contributed by atoms with Gasteiger partial charge in [-0.3, -0.25) is 0 Å². The summed E-state index contributed by atoms with van der Waals surface area (Å²) in [4.78, 5) is 2.48. The SMILES string of the molecule is C[C@@H]1C[C@@H](C)CN(CCCNC(=S)Nc2c(F)cccc2F)C1. The highest BCUT2D eigenvalue weighted by atomic mass is 32.1. The van der Waals surface area contributed by atoms with E-state index >= 15 is 0 Å². The summed E-state index contributed by atoms with van der Waals surface area (Å²) in [6.07, 6.45) is 2.25. The molecule has 1 saturated heterocycles. The van der Waals surface area contributed by atoms with Gasteiger partial charge in [-0.05, 0) is 55.6 Å². The molecule has 0 aromatic heterocycles. The van der Waals surface area contributed by atoms with Crippen LogP contribution in [0.5, 0.6) is 0 Å². The first-order valence-electron chi connectivity index (χ1n) is 8.17. The molecule has 1 aromatic carbocycles. The molecule has 1 aliphatic rings. The standard InChI is InChI=1S/C17H25F2N3S/c1-12-9-13(2)11-22(10-12)8-4-7-20-17(23)21-16-14(18)5-3-6-15(16)19/h3,5-6,12-13H,4,7-11H2,1-2H3,(H2,20,21,23)/t12-,13-/m1/s1. The van der Waals surface area contributed by atoms with Crippen molar-refractivity contribution in [3.8, 4) is 0 Å². The van der Waals surface area contributed by atoms with Crippen LogP contribution in [0.4, 0.5) is 14.5 Å². The summed E-state index contributed by atoms with van der Waals surface area (Å²) < 4.78 is 27.0. The Morgan fingerprint density at radius 2 is 1.83 bits per heavy atom. The van der Waals surface area contributed by atoms with Gasteiger partial charge < -0.3 is 15.5 Å². The molecule has 1 aliphatic heterocycles. The quantitative estimate of drug-likeness (QED) is 0.632. The molecule has 128 valence electrons. The molecule has 1 aromatic rings. The van der Waals surface area contributed by atoms with Gasteiger partial charge in [0.2, 0.25) is 0 Å². The van der Waals surface area contributed by atoms with E-state index in [1.165, 1.54) is 24.6 Å². The van der Waals surface area contributed by atoms with Gasteiger partial charge in [0.15, 0.2) is 5.11 Å². The monoisotopic (exact) mass is 341 g/mol. The Balaban J connectivity index is 1.69. The van der Waals surface area contributed by atoms with Crippen molar-refractivity contribution in [3.05, 3.63) is 29.8 Å². The number of hydrogen-bond donors (Lipinski definition) is 2. The van der Waals surface area contributed by atoms with Crippen LogP contribution in [0.25, 0.3) is 0 Å². The van der Waals surface area contributed by atoms with Crippen molar-refractivity contribution in [2.24, 2.45) is 11.8 Å². The van der Waals surface area contributed by atoms with Crippen molar-refractivity contribution in [2.45, 2.75) is 26.7 Å². The van der Waals surface area contributed by atoms with Gasteiger partial charge in [0, 0.05) is 19.6 Å². The zero-order valence-corrected chi connectivity index (χ0v) is 14.6. The van der Waals surface area contributed by atoms with E-state index in [0.29, 0.717) is 6.54 Å². The van der Waals surface area contributed by atoms with Crippen LogP contribution >= 0.6 is 12.2 Å². The van der Waals surface area contributed by atoms with Crippen molar-refractivity contribution in [1.82, 2.24) is 10.2 Å². The molecule has 3 nitrogen and oxygen atoms in total. The number of nitrogens with one attached hydrogen (secondary N) is 2. The van der Waals surface area contributed by atoms with Gasteiger partial charge in [0.1, 0.15) is 17.3 Å². The molecule has 1 heterocycles. The average molecular weight is 341 g/mol. The predicted octanol–water partition coefficient (Wildman–Crippen LogP) is 3.62. The van der Waals surface area contributed by atoms with E-state index in [9.17, 15) is 8.78 Å². The fraction of sp³-hybridized carbons (Fsp3) is 0.588. The first-order chi connectivity index (χ1) is 11.0. The van der Waals surface area contributed by atoms with Crippen molar-refractivity contribution in [2.75, 3.05) is 31.5 Å². The van der Waals surface area contributed by atoms with Crippen LogP contribution in [0.3, 0.4) is 0 Å². The van der Waals surface area contributed by atoms with Gasteiger partial charge in [-0.15, -0.1) is 0 Å². The van der Waals surface area contributed by atoms with Gasteiger partial charge >= 0.3 is 0 Å². The highest BCUT2D eigenvalue weighted by Crippen LogP contribution is 2.21. The van der Waals surface area contributed by atoms with Crippen LogP contribution in [-0.2, 0) is 0 Å². The molecule has 6 heteroatoms. The molecule has 2 N–H and O–H groups in total. The molecule has 2 atom stereocenters. The van der Waals surface area contributed by atoms with Gasteiger partial charge in [-0.1, -0.05) is 19.9 Å². The van der Waals surface area contributed by atoms with E-state index in [2.05, 4.69) is 29.4 Å². The Hall–Kier alpha value is -1.27. The number of hydrogen-bond acceptors (Lipinski definition) is 2. The first-order valence-corrected chi connectivity index (χ1v) is 8.57. The fourth-order valence-electron chi connectivity index (χ4n) is 3.25. The third-order valence-electron chi connectivity index (χ3n) is 4.08. The summed E-state index contributed by atoms with van der Waals surface area (Å²) in [5, 5.41) is 5.84. The molecule has 0 radical (unpaired) electrons. The number of benzene rings is 1. The molecular weight excluding hydrogens is 316 g/mol. The van der Waals surface area contributed by atoms with Gasteiger partial charge in [0.25, 0.3) is 0 Å². The molecular formula is C17H25F2N3S. The Morgan fingerprint density at radius 1 is 1.22 bits per heavy atom. The minimum Gasteiger partial charge on any atom is -0.362 e. The second-order valence-corrected chi connectivity index (χ2v) is 6.94. The molecule has 0 amide bonds. The molecule has 23 heavy (non-hydrogen) atoms. The second-order valence-electron chi connectivity index (χ2n) is 6.54. The van der Waals surface area contributed by atoms with Gasteiger partial charge in [0.05, 0.1) is 0 Å². The zero-order chi connectivity index (χ0) is 16.8. The summed E-state index contributed by atoms with van der Waals surface area (Å²) >= 11 is 5.09. The highest BCUT2D eigenvalue weighted by molar-refractivity contribution is 7.80. The molecule has 0 saturated carbocycles. The summed E-state index contributed by atoms with van der Waals surface area (Å²) in [7, 11) is 0. The number of anilines is 1. The van der Waals surface area contributed by atoms with Crippen LogP contribution in [0, 0.1) is 23.5 Å². The highest BCUT2D eigenvalue weighted by Gasteiger charge is 2.21. The van der Waals surface area contributed by atoms with Crippen LogP contribution < -0.4 is 10.6 Å². The summed E-state index contributed by atoms with van der Waals surface area (Å²) in [5.41, 5.74) is -0.205. The van der Waals surface area contributed by atoms with E-state index < -0.39 is 11.6 Å². The maximum absolute atomic E-state index is 13.5. The topological polar surface area (TPSA) is 27.3 Å². The Labute approximate surface area is 142 Å². The molecule has 0 bridgehead atoms. The average Bonchev–Trinajstić information content (AvgIpc) is 2.47. The Kier molecular flexibility index (Phi) is 6.72. The minimum absolute atomic E-state index is 0.205. The van der Waals surface area contributed by atoms with E-state index in [-0.39, 0.29) is 10.8 Å². The lowest BCUT2D eigenvalue weighted by molar-refractivity contribution is 0.140. The molecule has 0 spiro atoms. The van der Waals surface area contributed by atoms with Crippen LogP contribution in [0.2, 0.25) is 0 Å². The van der Waals surface area contributed by atoms with E-state index in [0.717, 1.165) is 37.9 Å². The second kappa shape index (κ2) is 8.55. The van der Waals surface area contributed by atoms with E-state index in [1.807, 2.05) is 0 Å². The fourth-order valence-corrected chi connectivity index (χ4v) is 3.46. The number of nitrogens with zero attached hydrogens (tertiary/aromatic N) is 1. The predicted molar refractivity (Wildman–Crippen MR) is 94.6 cm³/mol. The summed E-state index contributed by atoms with van der Waals surface area (Å²) in [6.45, 7) is 8.58. The van der Waals surface area contributed by atoms with Crippen molar-refractivity contribution >= 4 is 23.0 Å². The number of para-hydroxylation sites is 1. The van der Waals surface area contributed by atoms with E-state index in [1.54, 1.807) is 0 Å². The van der Waals surface area contributed by atoms with E-state index in [4.69, 9.17) is 12.2 Å². The lowest BCUT2D eigenvalue weighted by Crippen LogP contribution is -2.40. The summed E-state index contributed by atoms with van der Waals surface area (Å²) in [5.74, 6) is 0.202. The molecule has 2 rings (SSSR count). The molecule has 0 unspecified atom stereocenters. The number of thiocarbonyl (C=S) groups is 1. The lowest BCUT2D eigenvalue weighted by Gasteiger charge is -2.35. The number of rotatable bonds is 5. The van der Waals surface area contributed by atoms with Crippen molar-refractivity contribution in [1.29, 1.82) is 0 Å². The minimum atomic E-state index is -0.648. The number of likely N-dealkylation sites (tertiary alicyclic amines) is 1. The van der Waals surface area contributed by atoms with Crippen LogP contribution in [0.15, 0.2) is 18.2 Å². The third kappa shape index (κ3) is 5.70. The van der Waals surface area contributed by atoms with Crippen LogP contribution in [0.1, 0.15) is 26.7 Å². The Morgan fingerprint density at radius 3 is 2.43 bits per heavy atom. The number of piperidine rings is 1. The lowest BCUT2D eigenvalue weighted by atomic mass is 9.92. The summed E-state index contributed by atoms with van der Waals surface area (Å²) in [6, 6.07) is 3.73. The largest absolute Gasteiger partial charge is 0.362 e. The first kappa shape index (κ1) is 18.1. The zero-order valence-electron chi connectivity index (χ0n) is 13.7. The van der Waals surface area contributed by atoms with Gasteiger partial charge in [-0.2, -0.15) is 0 Å². The normalized spacial score (nSPS) is 21.9. The molecule has 0 aliphatic carbocycles. The molecule has 1 fully saturated rings. The number of halogens is 2. The van der Waals surface area contributed by atoms with Gasteiger partial charge in [-0.25, -0.2) is 8.78 Å². The maximum atomic E-state index is 13.5. The van der Waals surface area contributed by atoms with Crippen LogP contribution in [-0.4, -0.2) is 36.2 Å². The Bertz CT molecular complexity index is 508. The van der Waals surface area contributed by atoms with Crippen molar-refractivity contribution < 1.29 is 8.78 Å². The smallest absolute Gasteiger partial charge is 0.170 e. The third-order valence-corrected chi connectivity index (χ3v) is 4.33. The maximum Gasteiger partial charge on any atom is 0.170 e. The van der Waals surface area contributed by atoms with Crippen molar-refractivity contribution in [3.63, 3.8) is 0 Å².